The van der Waals surface area contributed by atoms with E-state index in [0.29, 0.717) is 23.2 Å². The Labute approximate surface area is 148 Å². The average molecular weight is 346 g/mol. The van der Waals surface area contributed by atoms with Crippen molar-refractivity contribution in [2.24, 2.45) is 7.05 Å². The second-order valence-corrected chi connectivity index (χ2v) is 6.99. The van der Waals surface area contributed by atoms with Crippen molar-refractivity contribution in [1.82, 2.24) is 14.8 Å². The summed E-state index contributed by atoms with van der Waals surface area (Å²) in [5.74, 6) is 0.535. The Morgan fingerprint density at radius 3 is 2.88 bits per heavy atom. The van der Waals surface area contributed by atoms with Crippen molar-refractivity contribution in [1.29, 1.82) is 0 Å². The van der Waals surface area contributed by atoms with Gasteiger partial charge >= 0.3 is 0 Å². The molecule has 24 heavy (non-hydrogen) atoms. The van der Waals surface area contributed by atoms with E-state index >= 15 is 0 Å². The van der Waals surface area contributed by atoms with Gasteiger partial charge in [0.1, 0.15) is 5.69 Å². The number of carbonyl (C=O) groups is 1. The Bertz CT molecular complexity index is 725. The van der Waals surface area contributed by atoms with E-state index < -0.39 is 0 Å². The molecule has 0 spiro atoms. The number of benzene rings is 1. The molecule has 1 aliphatic heterocycles. The van der Waals surface area contributed by atoms with Gasteiger partial charge in [-0.3, -0.25) is 4.79 Å². The fourth-order valence-electron chi connectivity index (χ4n) is 3.50. The maximum Gasteiger partial charge on any atom is 0.267 e. The van der Waals surface area contributed by atoms with Crippen LogP contribution >= 0.6 is 11.6 Å². The van der Waals surface area contributed by atoms with Gasteiger partial charge in [0.05, 0.1) is 5.02 Å². The number of aryl methyl sites for hydroxylation is 2. The lowest BCUT2D eigenvalue weighted by Gasteiger charge is -2.17. The molecule has 1 aromatic heterocycles. The van der Waals surface area contributed by atoms with Gasteiger partial charge in [-0.25, -0.2) is 0 Å². The number of nitrogens with zero attached hydrogens (tertiary/aromatic N) is 2. The molecule has 2 heterocycles. The van der Waals surface area contributed by atoms with E-state index in [0.717, 1.165) is 19.6 Å². The number of amides is 1. The van der Waals surface area contributed by atoms with Crippen LogP contribution in [-0.2, 0) is 7.05 Å². The summed E-state index contributed by atoms with van der Waals surface area (Å²) in [5, 5.41) is 3.57. The summed E-state index contributed by atoms with van der Waals surface area (Å²) in [5.41, 5.74) is 3.43. The lowest BCUT2D eigenvalue weighted by atomic mass is 9.94. The van der Waals surface area contributed by atoms with Gasteiger partial charge in [-0.15, -0.1) is 0 Å². The van der Waals surface area contributed by atoms with Crippen molar-refractivity contribution >= 4 is 17.5 Å². The molecule has 5 heteroatoms. The molecule has 2 aromatic rings. The van der Waals surface area contributed by atoms with Gasteiger partial charge in [-0.1, -0.05) is 35.9 Å². The molecule has 1 saturated heterocycles. The molecule has 0 saturated carbocycles. The fraction of sp³-hybridized carbons (Fsp3) is 0.421. The minimum absolute atomic E-state index is 0.0703. The van der Waals surface area contributed by atoms with Gasteiger partial charge < -0.3 is 14.8 Å². The molecule has 128 valence electrons. The van der Waals surface area contributed by atoms with Crippen LogP contribution in [0.15, 0.2) is 36.5 Å². The monoisotopic (exact) mass is 345 g/mol. The highest BCUT2D eigenvalue weighted by Crippen LogP contribution is 2.28. The number of rotatable bonds is 5. The van der Waals surface area contributed by atoms with Crippen LogP contribution in [-0.4, -0.2) is 41.6 Å². The molecule has 1 fully saturated rings. The first kappa shape index (κ1) is 17.1. The number of likely N-dealkylation sites (tertiary alicyclic amines) is 1. The molecule has 1 aliphatic rings. The van der Waals surface area contributed by atoms with E-state index in [4.69, 9.17) is 11.6 Å². The Morgan fingerprint density at radius 1 is 1.38 bits per heavy atom. The summed E-state index contributed by atoms with van der Waals surface area (Å²) in [6, 6.07) is 10.3. The molecular weight excluding hydrogens is 322 g/mol. The van der Waals surface area contributed by atoms with Crippen LogP contribution in [0.2, 0.25) is 5.02 Å². The van der Waals surface area contributed by atoms with Gasteiger partial charge in [-0.2, -0.15) is 0 Å². The molecular formula is C19H24ClN3O. The SMILES string of the molecule is Cc1ccccc1[C@@H]1CCN(CCNC(=O)c2cc(Cl)cn2C)C1. The van der Waals surface area contributed by atoms with E-state index in [9.17, 15) is 4.79 Å². The second kappa shape index (κ2) is 7.41. The Morgan fingerprint density at radius 2 is 2.17 bits per heavy atom. The number of carbonyl (C=O) groups excluding carboxylic acids is 1. The number of nitrogens with one attached hydrogen (secondary N) is 1. The molecule has 0 bridgehead atoms. The molecule has 0 unspecified atom stereocenters. The molecule has 3 rings (SSSR count). The zero-order valence-corrected chi connectivity index (χ0v) is 15.0. The lowest BCUT2D eigenvalue weighted by Crippen LogP contribution is -2.34. The standard InChI is InChI=1S/C19H24ClN3O/c1-14-5-3-4-6-17(14)15-7-9-23(12-15)10-8-21-19(24)18-11-16(20)13-22(18)2/h3-6,11,13,15H,7-10,12H2,1-2H3,(H,21,24)/t15-/m1/s1. The first-order valence-electron chi connectivity index (χ1n) is 8.42. The third kappa shape index (κ3) is 3.82. The number of hydrogen-bond donors (Lipinski definition) is 1. The Kier molecular flexibility index (Phi) is 5.27. The molecule has 1 aromatic carbocycles. The molecule has 0 radical (unpaired) electrons. The molecule has 0 aliphatic carbocycles. The number of halogens is 1. The minimum Gasteiger partial charge on any atom is -0.349 e. The summed E-state index contributed by atoms with van der Waals surface area (Å²) >= 11 is 5.93. The normalized spacial score (nSPS) is 18.0. The summed E-state index contributed by atoms with van der Waals surface area (Å²) in [7, 11) is 1.83. The topological polar surface area (TPSA) is 37.3 Å². The zero-order chi connectivity index (χ0) is 17.1. The minimum atomic E-state index is -0.0703. The maximum absolute atomic E-state index is 12.2. The smallest absolute Gasteiger partial charge is 0.267 e. The summed E-state index contributed by atoms with van der Waals surface area (Å²) in [6.45, 7) is 5.87. The summed E-state index contributed by atoms with van der Waals surface area (Å²) in [4.78, 5) is 14.6. The van der Waals surface area contributed by atoms with Crippen LogP contribution in [0.1, 0.15) is 34.0 Å². The number of hydrogen-bond acceptors (Lipinski definition) is 2. The summed E-state index contributed by atoms with van der Waals surface area (Å²) < 4.78 is 1.75. The summed E-state index contributed by atoms with van der Waals surface area (Å²) in [6.07, 6.45) is 2.93. The van der Waals surface area contributed by atoms with E-state index in [2.05, 4.69) is 41.4 Å². The van der Waals surface area contributed by atoms with Gasteiger partial charge in [0.2, 0.25) is 0 Å². The predicted molar refractivity (Wildman–Crippen MR) is 97.7 cm³/mol. The quantitative estimate of drug-likeness (QED) is 0.903. The highest BCUT2D eigenvalue weighted by Gasteiger charge is 2.24. The van der Waals surface area contributed by atoms with Gasteiger partial charge in [0.15, 0.2) is 0 Å². The highest BCUT2D eigenvalue weighted by molar-refractivity contribution is 6.31. The van der Waals surface area contributed by atoms with Crippen molar-refractivity contribution in [2.45, 2.75) is 19.3 Å². The van der Waals surface area contributed by atoms with E-state index in [1.807, 2.05) is 7.05 Å². The maximum atomic E-state index is 12.2. The van der Waals surface area contributed by atoms with Crippen LogP contribution in [0.4, 0.5) is 0 Å². The zero-order valence-electron chi connectivity index (χ0n) is 14.3. The van der Waals surface area contributed by atoms with E-state index in [-0.39, 0.29) is 5.91 Å². The van der Waals surface area contributed by atoms with Crippen LogP contribution in [0.3, 0.4) is 0 Å². The van der Waals surface area contributed by atoms with Gasteiger partial charge in [-0.05, 0) is 43.0 Å². The molecule has 1 amide bonds. The van der Waals surface area contributed by atoms with Crippen molar-refractivity contribution in [2.75, 3.05) is 26.2 Å². The first-order valence-corrected chi connectivity index (χ1v) is 8.80. The predicted octanol–water partition coefficient (Wildman–Crippen LogP) is 3.21. The number of aromatic nitrogens is 1. The van der Waals surface area contributed by atoms with Crippen LogP contribution in [0, 0.1) is 6.92 Å². The van der Waals surface area contributed by atoms with Gasteiger partial charge in [0.25, 0.3) is 5.91 Å². The van der Waals surface area contributed by atoms with Crippen LogP contribution in [0.5, 0.6) is 0 Å². The fourth-order valence-corrected chi connectivity index (χ4v) is 3.75. The van der Waals surface area contributed by atoms with Crippen molar-refractivity contribution < 1.29 is 4.79 Å². The molecule has 1 atom stereocenters. The first-order chi connectivity index (χ1) is 11.5. The Balaban J connectivity index is 1.47. The molecule has 1 N–H and O–H groups in total. The third-order valence-corrected chi connectivity index (χ3v) is 5.03. The third-order valence-electron chi connectivity index (χ3n) is 4.82. The van der Waals surface area contributed by atoms with E-state index in [1.165, 1.54) is 17.5 Å². The lowest BCUT2D eigenvalue weighted by molar-refractivity contribution is 0.0941. The molecule has 4 nitrogen and oxygen atoms in total. The Hall–Kier alpha value is -1.78. The van der Waals surface area contributed by atoms with Gasteiger partial charge in [0, 0.05) is 32.9 Å². The van der Waals surface area contributed by atoms with Crippen LogP contribution in [0.25, 0.3) is 0 Å². The van der Waals surface area contributed by atoms with Crippen molar-refractivity contribution in [3.05, 3.63) is 58.4 Å². The van der Waals surface area contributed by atoms with Crippen molar-refractivity contribution in [3.63, 3.8) is 0 Å². The second-order valence-electron chi connectivity index (χ2n) is 6.55. The van der Waals surface area contributed by atoms with E-state index in [1.54, 1.807) is 16.8 Å². The highest BCUT2D eigenvalue weighted by atomic mass is 35.5. The van der Waals surface area contributed by atoms with Crippen molar-refractivity contribution in [3.8, 4) is 0 Å². The average Bonchev–Trinajstić information content (AvgIpc) is 3.14. The largest absolute Gasteiger partial charge is 0.349 e. The van der Waals surface area contributed by atoms with Crippen LogP contribution < -0.4 is 5.32 Å².